The number of nitrogens with one attached hydrogen (secondary N) is 1. The van der Waals surface area contributed by atoms with Gasteiger partial charge < -0.3 is 5.32 Å². The zero-order chi connectivity index (χ0) is 8.27. The Hall–Kier alpha value is -0.470. The lowest BCUT2D eigenvalue weighted by Crippen LogP contribution is -2.10. The van der Waals surface area contributed by atoms with Crippen LogP contribution in [0.25, 0.3) is 0 Å². The summed E-state index contributed by atoms with van der Waals surface area (Å²) in [4.78, 5) is 0. The second-order valence-electron chi connectivity index (χ2n) is 2.55. The van der Waals surface area contributed by atoms with E-state index in [4.69, 9.17) is 0 Å². The molecule has 11 heavy (non-hydrogen) atoms. The molecule has 1 aromatic rings. The summed E-state index contributed by atoms with van der Waals surface area (Å²) in [5.41, 5.74) is 2.53. The summed E-state index contributed by atoms with van der Waals surface area (Å²) in [7, 11) is 1.91. The molecule has 0 saturated heterocycles. The average molecular weight is 167 g/mol. The Balaban J connectivity index is 2.93. The van der Waals surface area contributed by atoms with Gasteiger partial charge in [0.1, 0.15) is 0 Å². The molecule has 0 saturated carbocycles. The van der Waals surface area contributed by atoms with Gasteiger partial charge in [0, 0.05) is 0 Å². The molecule has 0 aromatic heterocycles. The van der Waals surface area contributed by atoms with Gasteiger partial charge in [0.25, 0.3) is 0 Å². The highest BCUT2D eigenvalue weighted by atomic mass is 32.1. The number of aryl methyl sites for hydroxylation is 1. The summed E-state index contributed by atoms with van der Waals surface area (Å²) < 4.78 is 0. The van der Waals surface area contributed by atoms with Gasteiger partial charge in [-0.15, -0.1) is 0 Å². The Morgan fingerprint density at radius 2 is 2.00 bits per heavy atom. The molecule has 2 heteroatoms. The molecular weight excluding hydrogens is 154 g/mol. The predicted octanol–water partition coefficient (Wildman–Crippen LogP) is 2.14. The van der Waals surface area contributed by atoms with E-state index in [2.05, 4.69) is 37.0 Å². The van der Waals surface area contributed by atoms with Crippen LogP contribution >= 0.6 is 12.6 Å². The van der Waals surface area contributed by atoms with Crippen LogP contribution in [-0.2, 0) is 0 Å². The van der Waals surface area contributed by atoms with Gasteiger partial charge >= 0.3 is 0 Å². The van der Waals surface area contributed by atoms with E-state index < -0.39 is 0 Å². The van der Waals surface area contributed by atoms with Crippen molar-refractivity contribution in [1.82, 2.24) is 5.32 Å². The first kappa shape index (κ1) is 8.62. The van der Waals surface area contributed by atoms with Crippen molar-refractivity contribution in [3.05, 3.63) is 35.4 Å². The molecule has 0 radical (unpaired) electrons. The van der Waals surface area contributed by atoms with E-state index in [1.54, 1.807) is 0 Å². The van der Waals surface area contributed by atoms with Crippen LogP contribution in [0.3, 0.4) is 0 Å². The molecule has 0 aliphatic rings. The minimum Gasteiger partial charge on any atom is -0.305 e. The highest BCUT2D eigenvalue weighted by molar-refractivity contribution is 7.80. The lowest BCUT2D eigenvalue weighted by Gasteiger charge is -2.11. The van der Waals surface area contributed by atoms with Crippen LogP contribution < -0.4 is 5.32 Å². The van der Waals surface area contributed by atoms with Crippen LogP contribution in [0.15, 0.2) is 24.3 Å². The van der Waals surface area contributed by atoms with E-state index in [9.17, 15) is 0 Å². The zero-order valence-electron chi connectivity index (χ0n) is 6.83. The maximum Gasteiger partial charge on any atom is 0.0759 e. The Morgan fingerprint density at radius 3 is 2.55 bits per heavy atom. The summed E-state index contributed by atoms with van der Waals surface area (Å²) in [6.45, 7) is 2.09. The number of rotatable bonds is 2. The third-order valence-electron chi connectivity index (χ3n) is 1.76. The van der Waals surface area contributed by atoms with Crippen molar-refractivity contribution in [2.75, 3.05) is 7.05 Å². The number of benzene rings is 1. The van der Waals surface area contributed by atoms with Gasteiger partial charge in [-0.25, -0.2) is 0 Å². The highest BCUT2D eigenvalue weighted by Gasteiger charge is 2.03. The minimum atomic E-state index is 0.149. The van der Waals surface area contributed by atoms with E-state index in [1.165, 1.54) is 11.1 Å². The molecule has 60 valence electrons. The van der Waals surface area contributed by atoms with Crippen molar-refractivity contribution in [3.63, 3.8) is 0 Å². The van der Waals surface area contributed by atoms with Crippen molar-refractivity contribution in [2.45, 2.75) is 12.3 Å². The molecule has 1 N–H and O–H groups in total. The van der Waals surface area contributed by atoms with Gasteiger partial charge in [-0.05, 0) is 25.1 Å². The third-order valence-corrected chi connectivity index (χ3v) is 2.29. The van der Waals surface area contributed by atoms with Gasteiger partial charge in [-0.2, -0.15) is 12.6 Å². The third kappa shape index (κ3) is 1.98. The lowest BCUT2D eigenvalue weighted by atomic mass is 10.1. The van der Waals surface area contributed by atoms with Gasteiger partial charge in [-0.1, -0.05) is 24.3 Å². The number of thiol groups is 1. The SMILES string of the molecule is CNC(S)c1ccccc1C. The standard InChI is InChI=1S/C9H13NS/c1-7-5-3-4-6-8(7)9(11)10-2/h3-6,9-11H,1-2H3. The first-order chi connectivity index (χ1) is 5.25. The molecule has 0 heterocycles. The van der Waals surface area contributed by atoms with Crippen LogP contribution in [0.5, 0.6) is 0 Å². The quantitative estimate of drug-likeness (QED) is 0.508. The first-order valence-electron chi connectivity index (χ1n) is 3.66. The van der Waals surface area contributed by atoms with Crippen LogP contribution in [-0.4, -0.2) is 7.05 Å². The molecule has 0 amide bonds. The Bertz CT molecular complexity index is 235. The lowest BCUT2D eigenvalue weighted by molar-refractivity contribution is 0.795. The van der Waals surface area contributed by atoms with Crippen molar-refractivity contribution in [1.29, 1.82) is 0 Å². The predicted molar refractivity (Wildman–Crippen MR) is 52.0 cm³/mol. The summed E-state index contributed by atoms with van der Waals surface area (Å²) in [5.74, 6) is 0. The van der Waals surface area contributed by atoms with E-state index in [1.807, 2.05) is 19.2 Å². The van der Waals surface area contributed by atoms with Crippen LogP contribution in [0.2, 0.25) is 0 Å². The van der Waals surface area contributed by atoms with Gasteiger partial charge in [-0.3, -0.25) is 0 Å². The fraction of sp³-hybridized carbons (Fsp3) is 0.333. The average Bonchev–Trinajstić information content (AvgIpc) is 2.04. The van der Waals surface area contributed by atoms with Gasteiger partial charge in [0.05, 0.1) is 5.37 Å². The molecule has 0 bridgehead atoms. The molecule has 1 nitrogen and oxygen atoms in total. The first-order valence-corrected chi connectivity index (χ1v) is 4.18. The molecule has 0 aliphatic carbocycles. The van der Waals surface area contributed by atoms with Crippen LogP contribution in [0.1, 0.15) is 16.5 Å². The second kappa shape index (κ2) is 3.79. The molecule has 0 aliphatic heterocycles. The van der Waals surface area contributed by atoms with E-state index in [0.29, 0.717) is 0 Å². The summed E-state index contributed by atoms with van der Waals surface area (Å²) in [5, 5.41) is 3.24. The van der Waals surface area contributed by atoms with Crippen molar-refractivity contribution in [2.24, 2.45) is 0 Å². The van der Waals surface area contributed by atoms with Crippen molar-refractivity contribution in [3.8, 4) is 0 Å². The van der Waals surface area contributed by atoms with E-state index in [0.717, 1.165) is 0 Å². The number of hydrogen-bond acceptors (Lipinski definition) is 2. The minimum absolute atomic E-state index is 0.149. The molecule has 0 spiro atoms. The normalized spacial score (nSPS) is 13.0. The maximum absolute atomic E-state index is 4.38. The van der Waals surface area contributed by atoms with Gasteiger partial charge in [0.15, 0.2) is 0 Å². The fourth-order valence-electron chi connectivity index (χ4n) is 1.05. The summed E-state index contributed by atoms with van der Waals surface area (Å²) in [6.07, 6.45) is 0. The van der Waals surface area contributed by atoms with Crippen molar-refractivity contribution >= 4 is 12.6 Å². The van der Waals surface area contributed by atoms with Crippen LogP contribution in [0.4, 0.5) is 0 Å². The van der Waals surface area contributed by atoms with E-state index >= 15 is 0 Å². The molecule has 1 atom stereocenters. The van der Waals surface area contributed by atoms with E-state index in [-0.39, 0.29) is 5.37 Å². The van der Waals surface area contributed by atoms with Crippen molar-refractivity contribution < 1.29 is 0 Å². The fourth-order valence-corrected chi connectivity index (χ4v) is 1.34. The Morgan fingerprint density at radius 1 is 1.36 bits per heavy atom. The second-order valence-corrected chi connectivity index (χ2v) is 3.06. The van der Waals surface area contributed by atoms with Crippen LogP contribution in [0, 0.1) is 6.92 Å². The highest BCUT2D eigenvalue weighted by Crippen LogP contribution is 2.19. The Labute approximate surface area is 73.2 Å². The molecular formula is C9H13NS. The maximum atomic E-state index is 4.38. The largest absolute Gasteiger partial charge is 0.305 e. The Kier molecular flexibility index (Phi) is 2.97. The topological polar surface area (TPSA) is 12.0 Å². The molecule has 0 fully saturated rings. The molecule has 1 aromatic carbocycles. The summed E-state index contributed by atoms with van der Waals surface area (Å²) >= 11 is 4.38. The zero-order valence-corrected chi connectivity index (χ0v) is 7.73. The monoisotopic (exact) mass is 167 g/mol. The molecule has 1 unspecified atom stereocenters. The smallest absolute Gasteiger partial charge is 0.0759 e. The summed E-state index contributed by atoms with van der Waals surface area (Å²) in [6, 6.07) is 8.25. The van der Waals surface area contributed by atoms with Gasteiger partial charge in [0.2, 0.25) is 0 Å². The number of hydrogen-bond donors (Lipinski definition) is 2. The molecule has 1 rings (SSSR count).